The van der Waals surface area contributed by atoms with Crippen LogP contribution in [0.3, 0.4) is 0 Å². The summed E-state index contributed by atoms with van der Waals surface area (Å²) in [6.45, 7) is 8.31. The molecule has 0 aliphatic carbocycles. The van der Waals surface area contributed by atoms with E-state index in [-0.39, 0.29) is 18.9 Å². The molecule has 3 N–H and O–H groups in total. The van der Waals surface area contributed by atoms with E-state index in [0.717, 1.165) is 0 Å². The Morgan fingerprint density at radius 3 is 1.94 bits per heavy atom. The van der Waals surface area contributed by atoms with E-state index >= 15 is 0 Å². The first-order valence-corrected chi connectivity index (χ1v) is 5.75. The zero-order valence-electron chi connectivity index (χ0n) is 11.6. The number of aliphatic carboxylic acids is 1. The summed E-state index contributed by atoms with van der Waals surface area (Å²) in [7, 11) is 0. The van der Waals surface area contributed by atoms with E-state index in [0.29, 0.717) is 0 Å². The highest BCUT2D eigenvalue weighted by atomic mass is 16.4. The number of carboxylic acid groups (broad SMARTS) is 1. The maximum absolute atomic E-state index is 11.6. The van der Waals surface area contributed by atoms with E-state index in [4.69, 9.17) is 5.11 Å². The van der Waals surface area contributed by atoms with Gasteiger partial charge in [0, 0.05) is 11.0 Å². The molecule has 0 aromatic heterocycles. The highest BCUT2D eigenvalue weighted by Crippen LogP contribution is 2.12. The number of nitrogens with one attached hydrogen (secondary N) is 2. The van der Waals surface area contributed by atoms with Gasteiger partial charge in [-0.2, -0.15) is 0 Å². The van der Waals surface area contributed by atoms with Gasteiger partial charge in [-0.3, -0.25) is 14.4 Å². The van der Waals surface area contributed by atoms with Crippen molar-refractivity contribution in [2.75, 3.05) is 6.54 Å². The van der Waals surface area contributed by atoms with E-state index in [9.17, 15) is 14.4 Å². The SMILES string of the molecule is CC(C)(CC(=O)O)NC(=O)CNC(=O)C(C)(C)C. The quantitative estimate of drug-likeness (QED) is 0.670. The van der Waals surface area contributed by atoms with Gasteiger partial charge in [0.25, 0.3) is 0 Å². The van der Waals surface area contributed by atoms with Crippen LogP contribution in [-0.2, 0) is 14.4 Å². The van der Waals surface area contributed by atoms with Gasteiger partial charge in [0.05, 0.1) is 13.0 Å². The Morgan fingerprint density at radius 2 is 1.56 bits per heavy atom. The Balaban J connectivity index is 4.21. The second-order valence-corrected chi connectivity index (χ2v) is 5.94. The van der Waals surface area contributed by atoms with Crippen molar-refractivity contribution in [1.29, 1.82) is 0 Å². The Hall–Kier alpha value is -1.59. The van der Waals surface area contributed by atoms with Crippen molar-refractivity contribution in [3.63, 3.8) is 0 Å². The van der Waals surface area contributed by atoms with Crippen LogP contribution in [0.15, 0.2) is 0 Å². The Labute approximate surface area is 107 Å². The topological polar surface area (TPSA) is 95.5 Å². The third-order valence-electron chi connectivity index (χ3n) is 2.16. The smallest absolute Gasteiger partial charge is 0.305 e. The van der Waals surface area contributed by atoms with Gasteiger partial charge >= 0.3 is 5.97 Å². The van der Waals surface area contributed by atoms with Crippen LogP contribution in [0, 0.1) is 5.41 Å². The molecule has 0 saturated carbocycles. The molecule has 0 aliphatic heterocycles. The summed E-state index contributed by atoms with van der Waals surface area (Å²) in [4.78, 5) is 33.7. The van der Waals surface area contributed by atoms with Gasteiger partial charge in [-0.25, -0.2) is 0 Å². The minimum absolute atomic E-state index is 0.154. The van der Waals surface area contributed by atoms with Crippen molar-refractivity contribution in [2.24, 2.45) is 5.41 Å². The van der Waals surface area contributed by atoms with E-state index in [1.165, 1.54) is 0 Å². The molecular formula is C12H22N2O4. The second-order valence-electron chi connectivity index (χ2n) is 5.94. The van der Waals surface area contributed by atoms with Crippen LogP contribution in [-0.4, -0.2) is 35.0 Å². The van der Waals surface area contributed by atoms with Gasteiger partial charge in [0.15, 0.2) is 0 Å². The summed E-state index contributed by atoms with van der Waals surface area (Å²) in [6, 6.07) is 0. The highest BCUT2D eigenvalue weighted by molar-refractivity contribution is 5.87. The maximum Gasteiger partial charge on any atom is 0.305 e. The van der Waals surface area contributed by atoms with E-state index in [2.05, 4.69) is 10.6 Å². The van der Waals surface area contributed by atoms with Crippen LogP contribution >= 0.6 is 0 Å². The molecule has 0 aliphatic rings. The molecule has 0 spiro atoms. The third-order valence-corrected chi connectivity index (χ3v) is 2.16. The molecular weight excluding hydrogens is 236 g/mol. The molecule has 0 saturated heterocycles. The molecule has 6 heteroatoms. The molecule has 0 rings (SSSR count). The fourth-order valence-electron chi connectivity index (χ4n) is 1.27. The Morgan fingerprint density at radius 1 is 1.06 bits per heavy atom. The van der Waals surface area contributed by atoms with Crippen LogP contribution in [0.5, 0.6) is 0 Å². The summed E-state index contributed by atoms with van der Waals surface area (Å²) in [5.74, 6) is -1.62. The molecule has 0 bridgehead atoms. The van der Waals surface area contributed by atoms with E-state index in [1.54, 1.807) is 34.6 Å². The number of carbonyl (C=O) groups excluding carboxylic acids is 2. The number of rotatable bonds is 5. The van der Waals surface area contributed by atoms with E-state index in [1.807, 2.05) is 0 Å². The van der Waals surface area contributed by atoms with Crippen molar-refractivity contribution in [1.82, 2.24) is 10.6 Å². The first kappa shape index (κ1) is 16.4. The molecule has 0 unspecified atom stereocenters. The summed E-state index contributed by atoms with van der Waals surface area (Å²) in [6.07, 6.45) is -0.175. The van der Waals surface area contributed by atoms with Crippen molar-refractivity contribution >= 4 is 17.8 Å². The molecule has 104 valence electrons. The molecule has 0 aromatic carbocycles. The van der Waals surface area contributed by atoms with Crippen molar-refractivity contribution in [2.45, 2.75) is 46.6 Å². The molecule has 0 radical (unpaired) electrons. The standard InChI is InChI=1S/C12H22N2O4/c1-11(2,3)10(18)13-7-8(15)14-12(4,5)6-9(16)17/h6-7H2,1-5H3,(H,13,18)(H,14,15)(H,16,17). The first-order valence-electron chi connectivity index (χ1n) is 5.75. The Bertz CT molecular complexity index is 342. The van der Waals surface area contributed by atoms with Gasteiger partial charge in [0.1, 0.15) is 0 Å². The molecule has 18 heavy (non-hydrogen) atoms. The van der Waals surface area contributed by atoms with Gasteiger partial charge in [-0.05, 0) is 13.8 Å². The number of amides is 2. The average Bonchev–Trinajstić information content (AvgIpc) is 2.09. The van der Waals surface area contributed by atoms with Gasteiger partial charge in [-0.15, -0.1) is 0 Å². The Kier molecular flexibility index (Phi) is 5.32. The first-order chi connectivity index (χ1) is 7.94. The van der Waals surface area contributed by atoms with Crippen molar-refractivity contribution < 1.29 is 19.5 Å². The van der Waals surface area contributed by atoms with Gasteiger partial charge < -0.3 is 15.7 Å². The number of hydrogen-bond acceptors (Lipinski definition) is 3. The zero-order valence-corrected chi connectivity index (χ0v) is 11.6. The van der Waals surface area contributed by atoms with Crippen molar-refractivity contribution in [3.05, 3.63) is 0 Å². The molecule has 0 aromatic rings. The minimum atomic E-state index is -0.987. The van der Waals surface area contributed by atoms with Crippen LogP contribution in [0.2, 0.25) is 0 Å². The van der Waals surface area contributed by atoms with E-state index < -0.39 is 22.8 Å². The monoisotopic (exact) mass is 258 g/mol. The predicted molar refractivity (Wildman–Crippen MR) is 66.9 cm³/mol. The molecule has 0 fully saturated rings. The molecule has 0 atom stereocenters. The highest BCUT2D eigenvalue weighted by Gasteiger charge is 2.25. The van der Waals surface area contributed by atoms with Crippen LogP contribution < -0.4 is 10.6 Å². The average molecular weight is 258 g/mol. The maximum atomic E-state index is 11.6. The molecule has 6 nitrogen and oxygen atoms in total. The van der Waals surface area contributed by atoms with Gasteiger partial charge in [0.2, 0.25) is 11.8 Å². The van der Waals surface area contributed by atoms with Crippen molar-refractivity contribution in [3.8, 4) is 0 Å². The fraction of sp³-hybridized carbons (Fsp3) is 0.750. The fourth-order valence-corrected chi connectivity index (χ4v) is 1.27. The number of carbonyl (C=O) groups is 3. The lowest BCUT2D eigenvalue weighted by Crippen LogP contribution is -2.49. The molecule has 0 heterocycles. The largest absolute Gasteiger partial charge is 0.481 e. The normalized spacial score (nSPS) is 11.8. The summed E-state index contributed by atoms with van der Waals surface area (Å²) < 4.78 is 0. The number of hydrogen-bond donors (Lipinski definition) is 3. The summed E-state index contributed by atoms with van der Waals surface area (Å²) >= 11 is 0. The van der Waals surface area contributed by atoms with Crippen LogP contribution in [0.25, 0.3) is 0 Å². The minimum Gasteiger partial charge on any atom is -0.481 e. The lowest BCUT2D eigenvalue weighted by molar-refractivity contribution is -0.139. The van der Waals surface area contributed by atoms with Gasteiger partial charge in [-0.1, -0.05) is 20.8 Å². The third kappa shape index (κ3) is 6.88. The second kappa shape index (κ2) is 5.84. The molecule has 2 amide bonds. The van der Waals surface area contributed by atoms with Crippen LogP contribution in [0.4, 0.5) is 0 Å². The zero-order chi connectivity index (χ0) is 14.6. The lowest BCUT2D eigenvalue weighted by atomic mass is 9.96. The predicted octanol–water partition coefficient (Wildman–Crippen LogP) is 0.518. The lowest BCUT2D eigenvalue weighted by Gasteiger charge is -2.25. The summed E-state index contributed by atoms with van der Waals surface area (Å²) in [5, 5.41) is 13.7. The summed E-state index contributed by atoms with van der Waals surface area (Å²) in [5.41, 5.74) is -1.40. The number of carboxylic acids is 1. The van der Waals surface area contributed by atoms with Crippen LogP contribution in [0.1, 0.15) is 41.0 Å².